The highest BCUT2D eigenvalue weighted by Crippen LogP contribution is 2.29. The van der Waals surface area contributed by atoms with Crippen LogP contribution in [-0.2, 0) is 4.79 Å². The van der Waals surface area contributed by atoms with Crippen molar-refractivity contribution < 1.29 is 9.53 Å². The first-order valence-electron chi connectivity index (χ1n) is 5.91. The van der Waals surface area contributed by atoms with Crippen LogP contribution in [0.1, 0.15) is 25.7 Å². The number of benzene rings is 1. The average molecular weight is 234 g/mol. The van der Waals surface area contributed by atoms with Crippen molar-refractivity contribution >= 4 is 5.91 Å². The molecule has 92 valence electrons. The monoisotopic (exact) mass is 234 g/mol. The first kappa shape index (κ1) is 11.9. The quantitative estimate of drug-likeness (QED) is 0.824. The molecule has 4 nitrogen and oxygen atoms in total. The van der Waals surface area contributed by atoms with Crippen molar-refractivity contribution in [2.45, 2.75) is 37.3 Å². The van der Waals surface area contributed by atoms with Gasteiger partial charge in [-0.3, -0.25) is 4.79 Å². The van der Waals surface area contributed by atoms with E-state index in [0.29, 0.717) is 12.8 Å². The number of carbonyl (C=O) groups excluding carboxylic acids is 1. The normalized spacial score (nSPS) is 28.6. The largest absolute Gasteiger partial charge is 0.490 e. The van der Waals surface area contributed by atoms with Crippen molar-refractivity contribution in [2.24, 2.45) is 11.5 Å². The van der Waals surface area contributed by atoms with Gasteiger partial charge in [0, 0.05) is 6.42 Å². The first-order valence-corrected chi connectivity index (χ1v) is 5.91. The average Bonchev–Trinajstić information content (AvgIpc) is 2.30. The minimum Gasteiger partial charge on any atom is -0.490 e. The molecule has 1 amide bonds. The van der Waals surface area contributed by atoms with Crippen molar-refractivity contribution in [2.75, 3.05) is 0 Å². The van der Waals surface area contributed by atoms with Crippen LogP contribution < -0.4 is 16.2 Å². The third-order valence-corrected chi connectivity index (χ3v) is 3.28. The molecule has 1 fully saturated rings. The fraction of sp³-hybridized carbons (Fsp3) is 0.462. The van der Waals surface area contributed by atoms with Gasteiger partial charge in [-0.05, 0) is 31.4 Å². The molecule has 2 rings (SSSR count). The Morgan fingerprint density at radius 1 is 1.35 bits per heavy atom. The summed E-state index contributed by atoms with van der Waals surface area (Å²) in [5, 5.41) is 0. The Morgan fingerprint density at radius 2 is 2.06 bits per heavy atom. The molecule has 4 heteroatoms. The zero-order chi connectivity index (χ0) is 12.3. The number of primary amides is 1. The molecule has 0 aliphatic heterocycles. The van der Waals surface area contributed by atoms with E-state index in [1.807, 2.05) is 30.3 Å². The van der Waals surface area contributed by atoms with Gasteiger partial charge in [-0.15, -0.1) is 0 Å². The standard InChI is InChI=1S/C13H18N2O2/c14-12(16)13(15)8-4-7-11(9-13)17-10-5-2-1-3-6-10/h1-3,5-6,11H,4,7-9,15H2,(H2,14,16). The minimum atomic E-state index is -0.905. The summed E-state index contributed by atoms with van der Waals surface area (Å²) in [7, 11) is 0. The fourth-order valence-electron chi connectivity index (χ4n) is 2.27. The summed E-state index contributed by atoms with van der Waals surface area (Å²) >= 11 is 0. The summed E-state index contributed by atoms with van der Waals surface area (Å²) in [6.07, 6.45) is 2.91. The maximum atomic E-state index is 11.3. The van der Waals surface area contributed by atoms with Gasteiger partial charge in [0.05, 0.1) is 5.54 Å². The van der Waals surface area contributed by atoms with E-state index in [9.17, 15) is 4.79 Å². The van der Waals surface area contributed by atoms with E-state index < -0.39 is 11.4 Å². The lowest BCUT2D eigenvalue weighted by atomic mass is 9.80. The summed E-state index contributed by atoms with van der Waals surface area (Å²) in [5.74, 6) is 0.380. The van der Waals surface area contributed by atoms with Crippen LogP contribution in [0.25, 0.3) is 0 Å². The number of para-hydroxylation sites is 1. The molecule has 1 aromatic carbocycles. The zero-order valence-electron chi connectivity index (χ0n) is 9.76. The smallest absolute Gasteiger partial charge is 0.237 e. The number of nitrogens with two attached hydrogens (primary N) is 2. The summed E-state index contributed by atoms with van der Waals surface area (Å²) in [6.45, 7) is 0. The van der Waals surface area contributed by atoms with Gasteiger partial charge >= 0.3 is 0 Å². The molecule has 1 saturated carbocycles. The van der Waals surface area contributed by atoms with Gasteiger partial charge in [0.1, 0.15) is 11.9 Å². The van der Waals surface area contributed by atoms with Gasteiger partial charge in [-0.2, -0.15) is 0 Å². The van der Waals surface area contributed by atoms with Gasteiger partial charge in [0.25, 0.3) is 0 Å². The molecule has 0 heterocycles. The number of rotatable bonds is 3. The van der Waals surface area contributed by atoms with E-state index in [-0.39, 0.29) is 6.10 Å². The summed E-state index contributed by atoms with van der Waals surface area (Å²) in [5.41, 5.74) is 10.4. The molecule has 2 unspecified atom stereocenters. The summed E-state index contributed by atoms with van der Waals surface area (Å²) in [6, 6.07) is 9.57. The van der Waals surface area contributed by atoms with Gasteiger partial charge < -0.3 is 16.2 Å². The van der Waals surface area contributed by atoms with E-state index in [1.54, 1.807) is 0 Å². The van der Waals surface area contributed by atoms with Gasteiger partial charge in [-0.25, -0.2) is 0 Å². The van der Waals surface area contributed by atoms with Crippen LogP contribution in [0, 0.1) is 0 Å². The number of amides is 1. The maximum absolute atomic E-state index is 11.3. The second-order valence-electron chi connectivity index (χ2n) is 4.67. The van der Waals surface area contributed by atoms with Crippen molar-refractivity contribution in [3.8, 4) is 5.75 Å². The molecule has 0 radical (unpaired) electrons. The van der Waals surface area contributed by atoms with E-state index in [4.69, 9.17) is 16.2 Å². The highest BCUT2D eigenvalue weighted by molar-refractivity contribution is 5.84. The van der Waals surface area contributed by atoms with Crippen LogP contribution in [0.4, 0.5) is 0 Å². The number of hydrogen-bond acceptors (Lipinski definition) is 3. The summed E-state index contributed by atoms with van der Waals surface area (Å²) < 4.78 is 5.81. The third kappa shape index (κ3) is 2.77. The molecule has 1 aromatic rings. The lowest BCUT2D eigenvalue weighted by Gasteiger charge is -2.35. The van der Waals surface area contributed by atoms with Gasteiger partial charge in [0.15, 0.2) is 0 Å². The zero-order valence-corrected chi connectivity index (χ0v) is 9.76. The van der Waals surface area contributed by atoms with Crippen molar-refractivity contribution in [1.82, 2.24) is 0 Å². The summed E-state index contributed by atoms with van der Waals surface area (Å²) in [4.78, 5) is 11.3. The molecular weight excluding hydrogens is 216 g/mol. The van der Waals surface area contributed by atoms with Crippen LogP contribution in [0.5, 0.6) is 5.75 Å². The molecule has 0 bridgehead atoms. The Kier molecular flexibility index (Phi) is 3.33. The van der Waals surface area contributed by atoms with Gasteiger partial charge in [-0.1, -0.05) is 18.2 Å². The fourth-order valence-corrected chi connectivity index (χ4v) is 2.27. The first-order chi connectivity index (χ1) is 8.10. The molecule has 0 saturated heterocycles. The highest BCUT2D eigenvalue weighted by atomic mass is 16.5. The number of carbonyl (C=O) groups is 1. The molecule has 1 aliphatic rings. The van der Waals surface area contributed by atoms with E-state index in [0.717, 1.165) is 18.6 Å². The van der Waals surface area contributed by atoms with E-state index in [1.165, 1.54) is 0 Å². The second kappa shape index (κ2) is 4.75. The highest BCUT2D eigenvalue weighted by Gasteiger charge is 2.38. The van der Waals surface area contributed by atoms with Crippen LogP contribution in [0.2, 0.25) is 0 Å². The van der Waals surface area contributed by atoms with Crippen LogP contribution in [0.3, 0.4) is 0 Å². The molecule has 0 aromatic heterocycles. The second-order valence-corrected chi connectivity index (χ2v) is 4.67. The Hall–Kier alpha value is -1.55. The molecule has 2 atom stereocenters. The van der Waals surface area contributed by atoms with Crippen molar-refractivity contribution in [1.29, 1.82) is 0 Å². The topological polar surface area (TPSA) is 78.3 Å². The van der Waals surface area contributed by atoms with Crippen molar-refractivity contribution in [3.05, 3.63) is 30.3 Å². The Labute approximate surface area is 101 Å². The number of ether oxygens (including phenoxy) is 1. The van der Waals surface area contributed by atoms with Crippen LogP contribution in [-0.4, -0.2) is 17.6 Å². The minimum absolute atomic E-state index is 0.0244. The third-order valence-electron chi connectivity index (χ3n) is 3.28. The van der Waals surface area contributed by atoms with E-state index in [2.05, 4.69) is 0 Å². The van der Waals surface area contributed by atoms with Crippen LogP contribution in [0.15, 0.2) is 30.3 Å². The lowest BCUT2D eigenvalue weighted by Crippen LogP contribution is -2.56. The van der Waals surface area contributed by atoms with E-state index >= 15 is 0 Å². The predicted octanol–water partition coefficient (Wildman–Crippen LogP) is 1.19. The SMILES string of the molecule is NC(=O)C1(N)CCCC(Oc2ccccc2)C1. The maximum Gasteiger partial charge on any atom is 0.237 e. The van der Waals surface area contributed by atoms with Gasteiger partial charge in [0.2, 0.25) is 5.91 Å². The lowest BCUT2D eigenvalue weighted by molar-refractivity contribution is -0.125. The number of hydrogen-bond donors (Lipinski definition) is 2. The van der Waals surface area contributed by atoms with Crippen LogP contribution >= 0.6 is 0 Å². The Balaban J connectivity index is 2.01. The Bertz CT molecular complexity index is 394. The molecule has 17 heavy (non-hydrogen) atoms. The van der Waals surface area contributed by atoms with Crippen molar-refractivity contribution in [3.63, 3.8) is 0 Å². The molecule has 4 N–H and O–H groups in total. The molecule has 0 spiro atoms. The molecular formula is C13H18N2O2. The Morgan fingerprint density at radius 3 is 2.71 bits per heavy atom. The molecule has 1 aliphatic carbocycles. The predicted molar refractivity (Wildman–Crippen MR) is 65.4 cm³/mol.